The molecule has 0 N–H and O–H groups in total. The van der Waals surface area contributed by atoms with Gasteiger partial charge in [0.05, 0.1) is 22.2 Å². The van der Waals surface area contributed by atoms with Crippen molar-refractivity contribution in [3.63, 3.8) is 0 Å². The molecule has 0 unspecified atom stereocenters. The van der Waals surface area contributed by atoms with Crippen LogP contribution >= 0.6 is 11.3 Å². The van der Waals surface area contributed by atoms with Crippen LogP contribution in [-0.4, -0.2) is 14.5 Å². The van der Waals surface area contributed by atoms with Gasteiger partial charge < -0.3 is 4.90 Å². The molecule has 3 aromatic heterocycles. The highest BCUT2D eigenvalue weighted by Crippen LogP contribution is 2.45. The Bertz CT molecular complexity index is 3550. The Morgan fingerprint density at radius 1 is 0.404 bits per heavy atom. The Labute approximate surface area is 332 Å². The van der Waals surface area contributed by atoms with Crippen molar-refractivity contribution < 1.29 is 0 Å². The van der Waals surface area contributed by atoms with Crippen molar-refractivity contribution in [1.29, 1.82) is 0 Å². The van der Waals surface area contributed by atoms with E-state index in [-0.39, 0.29) is 0 Å². The third kappa shape index (κ3) is 4.99. The number of rotatable bonds is 5. The van der Waals surface area contributed by atoms with E-state index in [1.807, 2.05) is 11.3 Å². The number of hydrogen-bond donors (Lipinski definition) is 0. The molecule has 12 rings (SSSR count). The lowest BCUT2D eigenvalue weighted by atomic mass is 9.96. The van der Waals surface area contributed by atoms with Crippen molar-refractivity contribution in [3.05, 3.63) is 194 Å². The Balaban J connectivity index is 1.10. The second-order valence-electron chi connectivity index (χ2n) is 14.6. The summed E-state index contributed by atoms with van der Waals surface area (Å²) in [6, 6.07) is 69.5. The van der Waals surface area contributed by atoms with E-state index < -0.39 is 0 Å². The standard InChI is InChI=1S/C52H32N4S/c1-2-16-35(17-3-1)55(36-27-26-33-14-4-5-15-34(33)30-36)37-28-29-47-43(31-37)39-19-9-12-24-46(39)56(47)52-53-45-23-11-8-21-41(45)51(54-52)44-32-49-50(40-20-7-6-18-38(40)44)42-22-10-13-25-48(42)57-49/h1-32H. The van der Waals surface area contributed by atoms with Crippen LogP contribution in [0.4, 0.5) is 17.1 Å². The maximum Gasteiger partial charge on any atom is 0.235 e. The molecule has 9 aromatic carbocycles. The Morgan fingerprint density at radius 2 is 1.05 bits per heavy atom. The van der Waals surface area contributed by atoms with Gasteiger partial charge in [0, 0.05) is 59.0 Å². The van der Waals surface area contributed by atoms with E-state index in [1.54, 1.807) is 0 Å². The fraction of sp³-hybridized carbons (Fsp3) is 0. The molecule has 4 nitrogen and oxygen atoms in total. The van der Waals surface area contributed by atoms with Crippen LogP contribution in [0.2, 0.25) is 0 Å². The van der Waals surface area contributed by atoms with E-state index in [0.717, 1.165) is 61.0 Å². The molecule has 0 saturated heterocycles. The highest BCUT2D eigenvalue weighted by atomic mass is 32.1. The molecule has 266 valence electrons. The minimum atomic E-state index is 0.651. The zero-order valence-corrected chi connectivity index (χ0v) is 31.5. The largest absolute Gasteiger partial charge is 0.310 e. The topological polar surface area (TPSA) is 34.0 Å². The summed E-state index contributed by atoms with van der Waals surface area (Å²) in [5.74, 6) is 0.651. The van der Waals surface area contributed by atoms with Crippen LogP contribution < -0.4 is 4.90 Å². The van der Waals surface area contributed by atoms with Gasteiger partial charge in [-0.2, -0.15) is 0 Å². The Hall–Kier alpha value is -7.34. The van der Waals surface area contributed by atoms with Gasteiger partial charge in [0.15, 0.2) is 0 Å². The molecule has 12 aromatic rings. The molecule has 0 aliphatic rings. The van der Waals surface area contributed by atoms with E-state index in [9.17, 15) is 0 Å². The average molecular weight is 745 g/mol. The van der Waals surface area contributed by atoms with Crippen LogP contribution in [0.1, 0.15) is 0 Å². The molecule has 0 amide bonds. The number of para-hydroxylation sites is 3. The second-order valence-corrected chi connectivity index (χ2v) is 15.7. The summed E-state index contributed by atoms with van der Waals surface area (Å²) >= 11 is 1.84. The van der Waals surface area contributed by atoms with E-state index in [0.29, 0.717) is 5.95 Å². The van der Waals surface area contributed by atoms with Crippen LogP contribution in [-0.2, 0) is 0 Å². The van der Waals surface area contributed by atoms with Gasteiger partial charge in [-0.25, -0.2) is 9.97 Å². The molecule has 0 aliphatic heterocycles. The summed E-state index contributed by atoms with van der Waals surface area (Å²) in [6.45, 7) is 0. The minimum Gasteiger partial charge on any atom is -0.310 e. The van der Waals surface area contributed by atoms with Gasteiger partial charge in [0.25, 0.3) is 0 Å². The Kier molecular flexibility index (Phi) is 7.06. The van der Waals surface area contributed by atoms with Crippen molar-refractivity contribution in [3.8, 4) is 17.2 Å². The van der Waals surface area contributed by atoms with Crippen molar-refractivity contribution in [2.24, 2.45) is 0 Å². The Morgan fingerprint density at radius 3 is 1.93 bits per heavy atom. The maximum absolute atomic E-state index is 5.55. The predicted molar refractivity (Wildman–Crippen MR) is 242 cm³/mol. The molecular formula is C52H32N4S. The lowest BCUT2D eigenvalue weighted by molar-refractivity contribution is 1.01. The minimum absolute atomic E-state index is 0.651. The zero-order valence-electron chi connectivity index (χ0n) is 30.7. The first-order valence-electron chi connectivity index (χ1n) is 19.2. The molecule has 0 atom stereocenters. The first-order chi connectivity index (χ1) is 28.3. The molecule has 0 radical (unpaired) electrons. The molecule has 0 spiro atoms. The molecule has 3 heterocycles. The van der Waals surface area contributed by atoms with Gasteiger partial charge in [-0.3, -0.25) is 4.57 Å². The van der Waals surface area contributed by atoms with Crippen LogP contribution in [0.5, 0.6) is 0 Å². The van der Waals surface area contributed by atoms with Crippen molar-refractivity contribution in [2.75, 3.05) is 4.90 Å². The van der Waals surface area contributed by atoms with Crippen LogP contribution in [0, 0.1) is 0 Å². The SMILES string of the molecule is c1ccc(N(c2ccc3ccccc3c2)c2ccc3c(c2)c2ccccc2n3-c2nc(-c3cc4sc5ccccc5c4c4ccccc34)c3ccccc3n2)cc1. The van der Waals surface area contributed by atoms with Crippen LogP contribution in [0.3, 0.4) is 0 Å². The average Bonchev–Trinajstić information content (AvgIpc) is 3.82. The van der Waals surface area contributed by atoms with Crippen LogP contribution in [0.15, 0.2) is 194 Å². The van der Waals surface area contributed by atoms with Crippen molar-refractivity contribution >= 4 is 103 Å². The smallest absolute Gasteiger partial charge is 0.235 e. The summed E-state index contributed by atoms with van der Waals surface area (Å²) in [5, 5.41) is 10.8. The number of thiophene rings is 1. The number of anilines is 3. The summed E-state index contributed by atoms with van der Waals surface area (Å²) in [5.41, 5.74) is 8.35. The van der Waals surface area contributed by atoms with Crippen molar-refractivity contribution in [2.45, 2.75) is 0 Å². The predicted octanol–water partition coefficient (Wildman–Crippen LogP) is 14.5. The molecule has 0 aliphatic carbocycles. The number of benzene rings is 9. The van der Waals surface area contributed by atoms with E-state index in [1.165, 1.54) is 41.7 Å². The number of nitrogens with zero attached hydrogens (tertiary/aromatic N) is 4. The molecule has 0 saturated carbocycles. The third-order valence-corrected chi connectivity index (χ3v) is 12.5. The van der Waals surface area contributed by atoms with E-state index in [2.05, 4.69) is 204 Å². The molecule has 0 fully saturated rings. The first-order valence-corrected chi connectivity index (χ1v) is 20.1. The quantitative estimate of drug-likeness (QED) is 0.176. The third-order valence-electron chi connectivity index (χ3n) is 11.4. The summed E-state index contributed by atoms with van der Waals surface area (Å²) < 4.78 is 4.79. The highest BCUT2D eigenvalue weighted by molar-refractivity contribution is 7.26. The molecule has 5 heteroatoms. The monoisotopic (exact) mass is 744 g/mol. The van der Waals surface area contributed by atoms with Gasteiger partial charge >= 0.3 is 0 Å². The lowest BCUT2D eigenvalue weighted by Gasteiger charge is -2.26. The van der Waals surface area contributed by atoms with E-state index >= 15 is 0 Å². The molecule has 0 bridgehead atoms. The first kappa shape index (κ1) is 32.0. The number of hydrogen-bond acceptors (Lipinski definition) is 4. The summed E-state index contributed by atoms with van der Waals surface area (Å²) in [4.78, 5) is 13.2. The van der Waals surface area contributed by atoms with Gasteiger partial charge in [-0.05, 0) is 88.3 Å². The summed E-state index contributed by atoms with van der Waals surface area (Å²) in [6.07, 6.45) is 0. The highest BCUT2D eigenvalue weighted by Gasteiger charge is 2.22. The number of aromatic nitrogens is 3. The zero-order chi connectivity index (χ0) is 37.5. The lowest BCUT2D eigenvalue weighted by Crippen LogP contribution is -2.10. The maximum atomic E-state index is 5.55. The van der Waals surface area contributed by atoms with E-state index in [4.69, 9.17) is 9.97 Å². The van der Waals surface area contributed by atoms with Gasteiger partial charge in [0.1, 0.15) is 0 Å². The number of fused-ring (bicyclic) bond motifs is 10. The van der Waals surface area contributed by atoms with Crippen molar-refractivity contribution in [1.82, 2.24) is 14.5 Å². The fourth-order valence-electron chi connectivity index (χ4n) is 8.81. The molecular weight excluding hydrogens is 713 g/mol. The second kappa shape index (κ2) is 12.6. The fourth-order valence-corrected chi connectivity index (χ4v) is 9.97. The van der Waals surface area contributed by atoms with Crippen LogP contribution in [0.25, 0.3) is 91.6 Å². The van der Waals surface area contributed by atoms with Gasteiger partial charge in [0.2, 0.25) is 5.95 Å². The molecule has 57 heavy (non-hydrogen) atoms. The normalized spacial score (nSPS) is 11.9. The van der Waals surface area contributed by atoms with Gasteiger partial charge in [-0.15, -0.1) is 11.3 Å². The van der Waals surface area contributed by atoms with Gasteiger partial charge in [-0.1, -0.05) is 127 Å². The summed E-state index contributed by atoms with van der Waals surface area (Å²) in [7, 11) is 0.